The summed E-state index contributed by atoms with van der Waals surface area (Å²) < 4.78 is 2.94. The zero-order valence-electron chi connectivity index (χ0n) is 9.99. The summed E-state index contributed by atoms with van der Waals surface area (Å²) in [6.45, 7) is 4.13. The molecule has 0 radical (unpaired) electrons. The van der Waals surface area contributed by atoms with Gasteiger partial charge in [-0.3, -0.25) is 0 Å². The highest BCUT2D eigenvalue weighted by atomic mass is 79.9. The Kier molecular flexibility index (Phi) is 4.30. The van der Waals surface area contributed by atoms with Crippen molar-refractivity contribution in [2.24, 2.45) is 0 Å². The van der Waals surface area contributed by atoms with Gasteiger partial charge in [0.25, 0.3) is 0 Å². The first kappa shape index (κ1) is 13.8. The zero-order valence-corrected chi connectivity index (χ0v) is 13.1. The van der Waals surface area contributed by atoms with Crippen molar-refractivity contribution in [2.75, 3.05) is 0 Å². The molecule has 0 atom stereocenters. The molecule has 18 heavy (non-hydrogen) atoms. The van der Waals surface area contributed by atoms with E-state index in [-0.39, 0.29) is 6.04 Å². The van der Waals surface area contributed by atoms with Crippen LogP contribution in [0.3, 0.4) is 0 Å². The first-order valence-corrected chi connectivity index (χ1v) is 7.20. The average molecular weight is 349 g/mol. The van der Waals surface area contributed by atoms with Crippen LogP contribution in [-0.4, -0.2) is 14.8 Å². The van der Waals surface area contributed by atoms with Gasteiger partial charge in [-0.05, 0) is 32.0 Å². The molecule has 0 spiro atoms. The number of alkyl halides is 1. The van der Waals surface area contributed by atoms with Gasteiger partial charge in [-0.15, -0.1) is 21.8 Å². The predicted octanol–water partition coefficient (Wildman–Crippen LogP) is 4.68. The molecule has 0 unspecified atom stereocenters. The molecular formula is C12H12BrCl2N3. The maximum Gasteiger partial charge on any atom is 0.165 e. The number of halogens is 3. The van der Waals surface area contributed by atoms with Crippen LogP contribution in [0.1, 0.15) is 25.7 Å². The Morgan fingerprint density at radius 1 is 1.33 bits per heavy atom. The molecule has 0 aliphatic rings. The third-order valence-corrected chi connectivity index (χ3v) is 3.62. The predicted molar refractivity (Wildman–Crippen MR) is 78.1 cm³/mol. The lowest BCUT2D eigenvalue weighted by Gasteiger charge is -2.13. The molecule has 0 aliphatic carbocycles. The molecule has 2 rings (SSSR count). The van der Waals surface area contributed by atoms with E-state index in [1.165, 1.54) is 0 Å². The van der Waals surface area contributed by atoms with Gasteiger partial charge in [-0.1, -0.05) is 27.5 Å². The van der Waals surface area contributed by atoms with Crippen LogP contribution in [-0.2, 0) is 5.88 Å². The van der Waals surface area contributed by atoms with Crippen LogP contribution in [0.4, 0.5) is 0 Å². The molecule has 96 valence electrons. The lowest BCUT2D eigenvalue weighted by atomic mass is 10.2. The molecular weight excluding hydrogens is 337 g/mol. The Balaban J connectivity index is 2.60. The van der Waals surface area contributed by atoms with Gasteiger partial charge in [0, 0.05) is 16.1 Å². The van der Waals surface area contributed by atoms with Gasteiger partial charge in [0.1, 0.15) is 5.82 Å². The van der Waals surface area contributed by atoms with E-state index in [0.717, 1.165) is 21.7 Å². The molecule has 0 saturated carbocycles. The second-order valence-electron chi connectivity index (χ2n) is 4.16. The average Bonchev–Trinajstić information content (AvgIpc) is 2.72. The van der Waals surface area contributed by atoms with Crippen LogP contribution in [0.5, 0.6) is 0 Å². The molecule has 0 saturated heterocycles. The second kappa shape index (κ2) is 5.59. The third-order valence-electron chi connectivity index (χ3n) is 2.57. The van der Waals surface area contributed by atoms with Gasteiger partial charge < -0.3 is 4.57 Å². The fourth-order valence-corrected chi connectivity index (χ4v) is 2.75. The minimum atomic E-state index is 0.225. The lowest BCUT2D eigenvalue weighted by molar-refractivity contribution is 0.585. The summed E-state index contributed by atoms with van der Waals surface area (Å²) in [4.78, 5) is 0. The molecule has 1 heterocycles. The van der Waals surface area contributed by atoms with Crippen molar-refractivity contribution in [1.29, 1.82) is 0 Å². The number of hydrogen-bond donors (Lipinski definition) is 0. The molecule has 2 aromatic rings. The summed E-state index contributed by atoms with van der Waals surface area (Å²) in [5.74, 6) is 1.83. The van der Waals surface area contributed by atoms with E-state index in [2.05, 4.69) is 40.0 Å². The maximum atomic E-state index is 6.25. The van der Waals surface area contributed by atoms with Crippen LogP contribution < -0.4 is 0 Å². The summed E-state index contributed by atoms with van der Waals surface area (Å²) in [6.07, 6.45) is 0. The van der Waals surface area contributed by atoms with E-state index in [1.807, 2.05) is 22.8 Å². The Bertz CT molecular complexity index is 566. The van der Waals surface area contributed by atoms with Crippen molar-refractivity contribution >= 4 is 39.1 Å². The zero-order chi connectivity index (χ0) is 13.3. The maximum absolute atomic E-state index is 6.25. The molecule has 0 bridgehead atoms. The topological polar surface area (TPSA) is 30.7 Å². The highest BCUT2D eigenvalue weighted by molar-refractivity contribution is 9.10. The fraction of sp³-hybridized carbons (Fsp3) is 0.333. The van der Waals surface area contributed by atoms with E-state index >= 15 is 0 Å². The van der Waals surface area contributed by atoms with E-state index in [4.69, 9.17) is 23.2 Å². The van der Waals surface area contributed by atoms with E-state index in [1.54, 1.807) is 0 Å². The molecule has 1 aromatic carbocycles. The quantitative estimate of drug-likeness (QED) is 0.754. The van der Waals surface area contributed by atoms with E-state index in [0.29, 0.717) is 10.9 Å². The molecule has 0 amide bonds. The van der Waals surface area contributed by atoms with Crippen LogP contribution >= 0.6 is 39.1 Å². The number of nitrogens with zero attached hydrogens (tertiary/aromatic N) is 3. The van der Waals surface area contributed by atoms with Gasteiger partial charge in [0.05, 0.1) is 10.9 Å². The molecule has 6 heteroatoms. The van der Waals surface area contributed by atoms with Crippen molar-refractivity contribution in [2.45, 2.75) is 25.8 Å². The minimum absolute atomic E-state index is 0.225. The van der Waals surface area contributed by atoms with Gasteiger partial charge >= 0.3 is 0 Å². The number of hydrogen-bond acceptors (Lipinski definition) is 2. The molecule has 0 aliphatic heterocycles. The first-order chi connectivity index (χ1) is 8.54. The van der Waals surface area contributed by atoms with E-state index in [9.17, 15) is 0 Å². The van der Waals surface area contributed by atoms with Crippen molar-refractivity contribution in [3.8, 4) is 11.4 Å². The highest BCUT2D eigenvalue weighted by Crippen LogP contribution is 2.31. The van der Waals surface area contributed by atoms with Crippen molar-refractivity contribution in [1.82, 2.24) is 14.8 Å². The Morgan fingerprint density at radius 3 is 2.61 bits per heavy atom. The SMILES string of the molecule is CC(C)n1c(CCl)nnc1-c1ccc(Br)cc1Cl. The van der Waals surface area contributed by atoms with Crippen LogP contribution in [0, 0.1) is 0 Å². The number of aromatic nitrogens is 3. The van der Waals surface area contributed by atoms with Crippen LogP contribution in [0.25, 0.3) is 11.4 Å². The lowest BCUT2D eigenvalue weighted by Crippen LogP contribution is -2.07. The Morgan fingerprint density at radius 2 is 2.06 bits per heavy atom. The highest BCUT2D eigenvalue weighted by Gasteiger charge is 2.17. The Hall–Kier alpha value is -0.580. The number of rotatable bonds is 3. The normalized spacial score (nSPS) is 11.2. The van der Waals surface area contributed by atoms with Gasteiger partial charge in [-0.25, -0.2) is 0 Å². The van der Waals surface area contributed by atoms with Gasteiger partial charge in [0.2, 0.25) is 0 Å². The summed E-state index contributed by atoms with van der Waals surface area (Å²) >= 11 is 15.5. The van der Waals surface area contributed by atoms with E-state index < -0.39 is 0 Å². The molecule has 1 aromatic heterocycles. The monoisotopic (exact) mass is 347 g/mol. The minimum Gasteiger partial charge on any atom is -0.307 e. The summed E-state index contributed by atoms with van der Waals surface area (Å²) in [6, 6.07) is 5.92. The van der Waals surface area contributed by atoms with Gasteiger partial charge in [0.15, 0.2) is 5.82 Å². The van der Waals surface area contributed by atoms with Crippen LogP contribution in [0.2, 0.25) is 5.02 Å². The standard InChI is InChI=1S/C12H12BrCl2N3/c1-7(2)18-11(6-14)16-17-12(18)9-4-3-8(13)5-10(9)15/h3-5,7H,6H2,1-2H3. The second-order valence-corrected chi connectivity index (χ2v) is 5.75. The van der Waals surface area contributed by atoms with Gasteiger partial charge in [-0.2, -0.15) is 0 Å². The molecule has 3 nitrogen and oxygen atoms in total. The number of benzene rings is 1. The van der Waals surface area contributed by atoms with Crippen LogP contribution in [0.15, 0.2) is 22.7 Å². The fourth-order valence-electron chi connectivity index (χ4n) is 1.81. The van der Waals surface area contributed by atoms with Crippen molar-refractivity contribution in [3.05, 3.63) is 33.5 Å². The third kappa shape index (κ3) is 2.56. The first-order valence-electron chi connectivity index (χ1n) is 5.49. The molecule has 0 N–H and O–H groups in total. The largest absolute Gasteiger partial charge is 0.307 e. The summed E-state index contributed by atoms with van der Waals surface area (Å²) in [5, 5.41) is 8.94. The molecule has 0 fully saturated rings. The summed E-state index contributed by atoms with van der Waals surface area (Å²) in [7, 11) is 0. The Labute approximate surface area is 124 Å². The van der Waals surface area contributed by atoms with Crippen molar-refractivity contribution < 1.29 is 0 Å². The van der Waals surface area contributed by atoms with Crippen molar-refractivity contribution in [3.63, 3.8) is 0 Å². The smallest absolute Gasteiger partial charge is 0.165 e. The summed E-state index contributed by atoms with van der Waals surface area (Å²) in [5.41, 5.74) is 0.859.